The number of carbonyl (C=O) groups excluding carboxylic acids is 2. The zero-order valence-corrected chi connectivity index (χ0v) is 15.6. The van der Waals surface area contributed by atoms with Crippen molar-refractivity contribution < 1.29 is 24.2 Å². The molecule has 1 saturated carbocycles. The lowest BCUT2D eigenvalue weighted by Crippen LogP contribution is -2.68. The summed E-state index contributed by atoms with van der Waals surface area (Å²) in [4.78, 5) is 27.5. The summed E-state index contributed by atoms with van der Waals surface area (Å²) < 4.78 is 10.5. The number of aliphatic hydroxyl groups is 1. The number of rotatable bonds is 4. The summed E-state index contributed by atoms with van der Waals surface area (Å²) in [6.07, 6.45) is 3.03. The van der Waals surface area contributed by atoms with Crippen LogP contribution < -0.4 is 9.64 Å². The number of carbonyl (C=O) groups is 2. The van der Waals surface area contributed by atoms with E-state index in [1.807, 2.05) is 0 Å². The number of fused-ring (bicyclic) bond motifs is 1. The molecule has 1 heterocycles. The maximum atomic E-state index is 13.2. The summed E-state index contributed by atoms with van der Waals surface area (Å²) in [5, 5.41) is 11.3. The molecule has 3 rings (SSSR count). The number of methoxy groups -OCH3 is 1. The fraction of sp³-hybridized carbons (Fsp3) is 0.600. The molecule has 1 N–H and O–H groups in total. The Hall–Kier alpha value is -2.08. The third-order valence-corrected chi connectivity index (χ3v) is 5.88. The van der Waals surface area contributed by atoms with Crippen LogP contribution in [-0.4, -0.2) is 42.3 Å². The smallest absolute Gasteiger partial charge is 0.329 e. The SMILES string of the molecule is CCOC(=O)[C@@H]1[C@@H]2CCCC[C@]2(O)[C@@H](C)C(=O)N1c1ccc(OC)cc1. The highest BCUT2D eigenvalue weighted by atomic mass is 16.5. The van der Waals surface area contributed by atoms with E-state index in [1.54, 1.807) is 45.2 Å². The van der Waals surface area contributed by atoms with Crippen LogP contribution in [0.25, 0.3) is 0 Å². The van der Waals surface area contributed by atoms with Crippen LogP contribution in [0.1, 0.15) is 39.5 Å². The van der Waals surface area contributed by atoms with Gasteiger partial charge in [0.25, 0.3) is 0 Å². The Morgan fingerprint density at radius 1 is 1.31 bits per heavy atom. The Kier molecular flexibility index (Phi) is 5.23. The third kappa shape index (κ3) is 2.96. The summed E-state index contributed by atoms with van der Waals surface area (Å²) in [5.74, 6) is -0.915. The van der Waals surface area contributed by atoms with Crippen LogP contribution >= 0.6 is 0 Å². The monoisotopic (exact) mass is 361 g/mol. The van der Waals surface area contributed by atoms with Crippen LogP contribution in [0.3, 0.4) is 0 Å². The van der Waals surface area contributed by atoms with Gasteiger partial charge in [0, 0.05) is 11.6 Å². The maximum Gasteiger partial charge on any atom is 0.329 e. The molecule has 1 aromatic rings. The lowest BCUT2D eigenvalue weighted by Gasteiger charge is -2.53. The summed E-state index contributed by atoms with van der Waals surface area (Å²) in [7, 11) is 1.58. The normalized spacial score (nSPS) is 31.3. The van der Waals surface area contributed by atoms with E-state index < -0.39 is 23.5 Å². The molecule has 2 aliphatic rings. The number of hydrogen-bond acceptors (Lipinski definition) is 5. The number of esters is 1. The molecule has 0 aromatic heterocycles. The van der Waals surface area contributed by atoms with E-state index >= 15 is 0 Å². The van der Waals surface area contributed by atoms with Crippen molar-refractivity contribution >= 4 is 17.6 Å². The first kappa shape index (κ1) is 18.7. The van der Waals surface area contributed by atoms with Crippen molar-refractivity contribution in [2.24, 2.45) is 11.8 Å². The molecule has 0 unspecified atom stereocenters. The van der Waals surface area contributed by atoms with E-state index in [1.165, 1.54) is 4.90 Å². The molecule has 142 valence electrons. The van der Waals surface area contributed by atoms with E-state index in [9.17, 15) is 14.7 Å². The van der Waals surface area contributed by atoms with Gasteiger partial charge in [0.1, 0.15) is 11.8 Å². The fourth-order valence-electron chi connectivity index (χ4n) is 4.44. The number of hydrogen-bond donors (Lipinski definition) is 1. The highest BCUT2D eigenvalue weighted by Crippen LogP contribution is 2.48. The highest BCUT2D eigenvalue weighted by molar-refractivity contribution is 6.03. The molecule has 0 spiro atoms. The summed E-state index contributed by atoms with van der Waals surface area (Å²) in [6, 6.07) is 6.25. The average molecular weight is 361 g/mol. The van der Waals surface area contributed by atoms with Gasteiger partial charge in [0.05, 0.1) is 25.2 Å². The topological polar surface area (TPSA) is 76.1 Å². The molecule has 2 fully saturated rings. The standard InChI is InChI=1S/C20H27NO5/c1-4-26-19(23)17-16-7-5-6-12-20(16,24)13(2)18(22)21(17)14-8-10-15(25-3)11-9-14/h8-11,13,16-17,24H,4-7,12H2,1-3H3/t13-,16-,17-,20-/m0/s1. The fourth-order valence-corrected chi connectivity index (χ4v) is 4.44. The molecular formula is C20H27NO5. The molecule has 1 saturated heterocycles. The number of nitrogens with zero attached hydrogens (tertiary/aromatic N) is 1. The zero-order valence-electron chi connectivity index (χ0n) is 15.6. The molecule has 1 aliphatic heterocycles. The van der Waals surface area contributed by atoms with Gasteiger partial charge in [-0.3, -0.25) is 9.69 Å². The molecule has 1 aromatic carbocycles. The quantitative estimate of drug-likeness (QED) is 0.834. The first-order chi connectivity index (χ1) is 12.4. The molecule has 6 heteroatoms. The Morgan fingerprint density at radius 3 is 2.62 bits per heavy atom. The van der Waals surface area contributed by atoms with Crippen molar-refractivity contribution in [2.45, 2.75) is 51.2 Å². The van der Waals surface area contributed by atoms with Gasteiger partial charge in [-0.05, 0) is 44.0 Å². The van der Waals surface area contributed by atoms with Gasteiger partial charge in [-0.1, -0.05) is 19.8 Å². The van der Waals surface area contributed by atoms with Crippen LogP contribution in [0.4, 0.5) is 5.69 Å². The number of piperidine rings is 1. The number of ether oxygens (including phenoxy) is 2. The minimum Gasteiger partial charge on any atom is -0.497 e. The third-order valence-electron chi connectivity index (χ3n) is 5.88. The number of amides is 1. The molecule has 4 atom stereocenters. The van der Waals surface area contributed by atoms with Crippen molar-refractivity contribution in [1.29, 1.82) is 0 Å². The van der Waals surface area contributed by atoms with Gasteiger partial charge in [-0.25, -0.2) is 4.79 Å². The lowest BCUT2D eigenvalue weighted by atomic mass is 9.62. The summed E-state index contributed by atoms with van der Waals surface area (Å²) in [6.45, 7) is 3.75. The highest BCUT2D eigenvalue weighted by Gasteiger charge is 2.59. The van der Waals surface area contributed by atoms with E-state index in [4.69, 9.17) is 9.47 Å². The molecule has 0 radical (unpaired) electrons. The first-order valence-electron chi connectivity index (χ1n) is 9.30. The van der Waals surface area contributed by atoms with Crippen molar-refractivity contribution in [2.75, 3.05) is 18.6 Å². The molecular weight excluding hydrogens is 334 g/mol. The minimum atomic E-state index is -1.16. The van der Waals surface area contributed by atoms with Crippen molar-refractivity contribution in [1.82, 2.24) is 0 Å². The predicted octanol–water partition coefficient (Wildman–Crippen LogP) is 2.53. The molecule has 6 nitrogen and oxygen atoms in total. The Labute approximate surface area is 154 Å². The van der Waals surface area contributed by atoms with Crippen LogP contribution in [0, 0.1) is 11.8 Å². The van der Waals surface area contributed by atoms with Gasteiger partial charge >= 0.3 is 5.97 Å². The average Bonchev–Trinajstić information content (AvgIpc) is 2.65. The second-order valence-electron chi connectivity index (χ2n) is 7.17. The Morgan fingerprint density at radius 2 is 2.00 bits per heavy atom. The van der Waals surface area contributed by atoms with E-state index in [0.29, 0.717) is 24.3 Å². The van der Waals surface area contributed by atoms with Crippen LogP contribution in [-0.2, 0) is 14.3 Å². The van der Waals surface area contributed by atoms with Crippen molar-refractivity contribution in [3.63, 3.8) is 0 Å². The molecule has 26 heavy (non-hydrogen) atoms. The lowest BCUT2D eigenvalue weighted by molar-refractivity contribution is -0.168. The molecule has 0 bridgehead atoms. The first-order valence-corrected chi connectivity index (χ1v) is 9.30. The minimum absolute atomic E-state index is 0.237. The van der Waals surface area contributed by atoms with Crippen molar-refractivity contribution in [3.8, 4) is 5.75 Å². The van der Waals surface area contributed by atoms with Gasteiger partial charge in [-0.2, -0.15) is 0 Å². The summed E-state index contributed by atoms with van der Waals surface area (Å²) >= 11 is 0. The maximum absolute atomic E-state index is 13.2. The molecule has 1 aliphatic carbocycles. The van der Waals surface area contributed by atoms with Gasteiger partial charge < -0.3 is 14.6 Å². The van der Waals surface area contributed by atoms with Gasteiger partial charge in [-0.15, -0.1) is 0 Å². The number of anilines is 1. The zero-order chi connectivity index (χ0) is 18.9. The predicted molar refractivity (Wildman–Crippen MR) is 97.0 cm³/mol. The molecule has 1 amide bonds. The number of benzene rings is 1. The van der Waals surface area contributed by atoms with Crippen LogP contribution in [0.15, 0.2) is 24.3 Å². The Bertz CT molecular complexity index is 673. The second-order valence-corrected chi connectivity index (χ2v) is 7.17. The Balaban J connectivity index is 2.06. The van der Waals surface area contributed by atoms with Gasteiger partial charge in [0.2, 0.25) is 5.91 Å². The van der Waals surface area contributed by atoms with E-state index in [-0.39, 0.29) is 18.4 Å². The van der Waals surface area contributed by atoms with E-state index in [0.717, 1.165) is 12.8 Å². The van der Waals surface area contributed by atoms with Crippen molar-refractivity contribution in [3.05, 3.63) is 24.3 Å². The van der Waals surface area contributed by atoms with E-state index in [2.05, 4.69) is 0 Å². The largest absolute Gasteiger partial charge is 0.497 e. The second kappa shape index (κ2) is 7.27. The summed E-state index contributed by atoms with van der Waals surface area (Å²) in [5.41, 5.74) is -0.538. The van der Waals surface area contributed by atoms with Gasteiger partial charge in [0.15, 0.2) is 0 Å². The van der Waals surface area contributed by atoms with Crippen LogP contribution in [0.2, 0.25) is 0 Å². The van der Waals surface area contributed by atoms with Crippen LogP contribution in [0.5, 0.6) is 5.75 Å².